The predicted molar refractivity (Wildman–Crippen MR) is 131 cm³/mol. The van der Waals surface area contributed by atoms with Crippen molar-refractivity contribution in [2.45, 2.75) is 38.8 Å². The molecule has 5 aromatic rings. The van der Waals surface area contributed by atoms with Crippen molar-refractivity contribution in [2.24, 2.45) is 0 Å². The van der Waals surface area contributed by atoms with E-state index in [-0.39, 0.29) is 18.1 Å². The van der Waals surface area contributed by atoms with Crippen LogP contribution in [0.5, 0.6) is 0 Å². The molecule has 0 radical (unpaired) electrons. The maximum atomic E-state index is 13.5. The van der Waals surface area contributed by atoms with E-state index in [9.17, 15) is 9.59 Å². The molecule has 1 N–H and O–H groups in total. The lowest BCUT2D eigenvalue weighted by Gasteiger charge is -2.11. The first-order valence-electron chi connectivity index (χ1n) is 11.3. The molecule has 1 aliphatic carbocycles. The molecule has 34 heavy (non-hydrogen) atoms. The molecule has 4 aromatic heterocycles. The number of nitrogens with one attached hydrogen (secondary N) is 1. The number of pyridine rings is 1. The van der Waals surface area contributed by atoms with Crippen LogP contribution in [0.25, 0.3) is 27.3 Å². The number of benzene rings is 1. The van der Waals surface area contributed by atoms with E-state index in [4.69, 9.17) is 4.98 Å². The second-order valence-corrected chi connectivity index (χ2v) is 9.52. The van der Waals surface area contributed by atoms with E-state index in [0.29, 0.717) is 18.0 Å². The van der Waals surface area contributed by atoms with Crippen LogP contribution in [0.4, 0.5) is 0 Å². The second kappa shape index (κ2) is 8.49. The first-order valence-corrected chi connectivity index (χ1v) is 12.2. The van der Waals surface area contributed by atoms with Crippen LogP contribution in [-0.2, 0) is 30.7 Å². The Kier molecular flexibility index (Phi) is 5.18. The molecule has 8 nitrogen and oxygen atoms in total. The number of nitrogens with zero attached hydrogens (tertiary/aromatic N) is 5. The molecule has 0 saturated carbocycles. The van der Waals surface area contributed by atoms with Gasteiger partial charge in [-0.25, -0.2) is 9.78 Å². The fourth-order valence-corrected chi connectivity index (χ4v) is 5.91. The smallest absolute Gasteiger partial charge is 0.350 e. The molecule has 0 saturated heterocycles. The fourth-order valence-electron chi connectivity index (χ4n) is 4.53. The molecule has 0 fully saturated rings. The highest BCUT2D eigenvalue weighted by Gasteiger charge is 2.25. The van der Waals surface area contributed by atoms with Gasteiger partial charge in [-0.15, -0.1) is 16.4 Å². The van der Waals surface area contributed by atoms with E-state index >= 15 is 0 Å². The average molecular weight is 471 g/mol. The number of aryl methyl sites for hydroxylation is 2. The van der Waals surface area contributed by atoms with Gasteiger partial charge in [0, 0.05) is 29.4 Å². The van der Waals surface area contributed by atoms with Crippen molar-refractivity contribution in [2.75, 3.05) is 0 Å². The van der Waals surface area contributed by atoms with Gasteiger partial charge in [-0.1, -0.05) is 30.3 Å². The van der Waals surface area contributed by atoms with Crippen molar-refractivity contribution in [3.63, 3.8) is 0 Å². The first kappa shape index (κ1) is 20.7. The van der Waals surface area contributed by atoms with Crippen molar-refractivity contribution in [3.05, 3.63) is 81.3 Å². The number of thiophene rings is 1. The lowest BCUT2D eigenvalue weighted by molar-refractivity contribution is -0.121. The third-order valence-corrected chi connectivity index (χ3v) is 7.51. The Labute approximate surface area is 198 Å². The van der Waals surface area contributed by atoms with Gasteiger partial charge in [0.05, 0.1) is 5.39 Å². The molecule has 0 bridgehead atoms. The summed E-state index contributed by atoms with van der Waals surface area (Å²) in [6.07, 6.45) is 7.53. The van der Waals surface area contributed by atoms with Gasteiger partial charge in [0.1, 0.15) is 11.4 Å². The molecule has 170 valence electrons. The molecule has 0 aliphatic heterocycles. The Bertz CT molecular complexity index is 1570. The molecule has 1 amide bonds. The van der Waals surface area contributed by atoms with E-state index in [1.807, 2.05) is 42.5 Å². The molecule has 0 unspecified atom stereocenters. The van der Waals surface area contributed by atoms with Crippen molar-refractivity contribution >= 4 is 33.1 Å². The van der Waals surface area contributed by atoms with Crippen LogP contribution in [0, 0.1) is 0 Å². The van der Waals surface area contributed by atoms with E-state index < -0.39 is 0 Å². The summed E-state index contributed by atoms with van der Waals surface area (Å²) in [6, 6.07) is 13.4. The number of fused-ring (bicyclic) bond motifs is 5. The molecule has 9 heteroatoms. The first-order chi connectivity index (χ1) is 16.7. The third kappa shape index (κ3) is 3.58. The Morgan fingerprint density at radius 1 is 1.09 bits per heavy atom. The third-order valence-electron chi connectivity index (χ3n) is 6.19. The monoisotopic (exact) mass is 470 g/mol. The van der Waals surface area contributed by atoms with Gasteiger partial charge in [0.15, 0.2) is 11.5 Å². The van der Waals surface area contributed by atoms with Gasteiger partial charge in [0.25, 0.3) is 0 Å². The summed E-state index contributed by atoms with van der Waals surface area (Å²) in [5.41, 5.74) is 3.18. The second-order valence-electron chi connectivity index (χ2n) is 8.43. The van der Waals surface area contributed by atoms with Crippen molar-refractivity contribution in [3.8, 4) is 11.4 Å². The standard InChI is InChI=1S/C25H22N6O2S/c32-20(27-13-16-7-2-1-3-8-16)15-30-24-21(18-10-4-5-11-19(18)34-24)23-28-22(29-31(23)25(30)33)17-9-6-12-26-14-17/h1-3,6-9,12,14H,4-5,10-11,13,15H2,(H,27,32). The summed E-state index contributed by atoms with van der Waals surface area (Å²) >= 11 is 1.61. The number of aromatic nitrogens is 5. The van der Waals surface area contributed by atoms with E-state index in [0.717, 1.165) is 47.0 Å². The average Bonchev–Trinajstić information content (AvgIpc) is 3.49. The highest BCUT2D eigenvalue weighted by atomic mass is 32.1. The van der Waals surface area contributed by atoms with Crippen LogP contribution >= 0.6 is 11.3 Å². The zero-order valence-corrected chi connectivity index (χ0v) is 19.2. The number of hydrogen-bond donors (Lipinski definition) is 1. The molecule has 1 aliphatic rings. The van der Waals surface area contributed by atoms with E-state index in [1.165, 1.54) is 15.0 Å². The molecule has 6 rings (SSSR count). The summed E-state index contributed by atoms with van der Waals surface area (Å²) in [5.74, 6) is 0.235. The number of carbonyl (C=O) groups excluding carboxylic acids is 1. The summed E-state index contributed by atoms with van der Waals surface area (Å²) in [4.78, 5) is 37.4. The minimum Gasteiger partial charge on any atom is -0.350 e. The van der Waals surface area contributed by atoms with Crippen molar-refractivity contribution < 1.29 is 4.79 Å². The topological polar surface area (TPSA) is 94.2 Å². The van der Waals surface area contributed by atoms with Crippen molar-refractivity contribution in [1.29, 1.82) is 0 Å². The minimum atomic E-state index is -0.362. The maximum absolute atomic E-state index is 13.5. The summed E-state index contributed by atoms with van der Waals surface area (Å²) in [6.45, 7) is 0.342. The lowest BCUT2D eigenvalue weighted by Crippen LogP contribution is -2.34. The molecule has 0 atom stereocenters. The largest absolute Gasteiger partial charge is 0.352 e. The zero-order chi connectivity index (χ0) is 23.1. The maximum Gasteiger partial charge on any atom is 0.352 e. The Balaban J connectivity index is 1.46. The Morgan fingerprint density at radius 3 is 2.76 bits per heavy atom. The number of carbonyl (C=O) groups is 1. The Hall–Kier alpha value is -3.85. The van der Waals surface area contributed by atoms with Crippen LogP contribution in [0.15, 0.2) is 59.7 Å². The highest BCUT2D eigenvalue weighted by molar-refractivity contribution is 7.19. The highest BCUT2D eigenvalue weighted by Crippen LogP contribution is 2.37. The molecular weight excluding hydrogens is 448 g/mol. The summed E-state index contributed by atoms with van der Waals surface area (Å²) in [5, 5.41) is 8.40. The number of amides is 1. The zero-order valence-electron chi connectivity index (χ0n) is 18.4. The lowest BCUT2D eigenvalue weighted by atomic mass is 9.97. The van der Waals surface area contributed by atoms with Gasteiger partial charge in [-0.05, 0) is 48.9 Å². The van der Waals surface area contributed by atoms with E-state index in [1.54, 1.807) is 28.3 Å². The van der Waals surface area contributed by atoms with Crippen LogP contribution in [-0.4, -0.2) is 30.1 Å². The Morgan fingerprint density at radius 2 is 1.94 bits per heavy atom. The van der Waals surface area contributed by atoms with Gasteiger partial charge in [-0.3, -0.25) is 14.3 Å². The molecule has 4 heterocycles. The van der Waals surface area contributed by atoms with Gasteiger partial charge < -0.3 is 5.32 Å². The SMILES string of the molecule is O=C(Cn1c(=O)n2nc(-c3cccnc3)nc2c2c3c(sc21)CCCC3)NCc1ccccc1. The van der Waals surface area contributed by atoms with Gasteiger partial charge in [-0.2, -0.15) is 4.52 Å². The summed E-state index contributed by atoms with van der Waals surface area (Å²) in [7, 11) is 0. The molecular formula is C25H22N6O2S. The molecule has 0 spiro atoms. The van der Waals surface area contributed by atoms with Gasteiger partial charge >= 0.3 is 5.69 Å². The van der Waals surface area contributed by atoms with Gasteiger partial charge in [0.2, 0.25) is 5.91 Å². The normalized spacial score (nSPS) is 13.3. The predicted octanol–water partition coefficient (Wildman–Crippen LogP) is 3.36. The quantitative estimate of drug-likeness (QED) is 0.425. The van der Waals surface area contributed by atoms with Crippen LogP contribution < -0.4 is 11.0 Å². The molecule has 1 aromatic carbocycles. The number of hydrogen-bond acceptors (Lipinski definition) is 6. The van der Waals surface area contributed by atoms with Crippen molar-refractivity contribution in [1.82, 2.24) is 29.5 Å². The fraction of sp³-hybridized carbons (Fsp3) is 0.240. The van der Waals surface area contributed by atoms with Crippen LogP contribution in [0.2, 0.25) is 0 Å². The van der Waals surface area contributed by atoms with Crippen LogP contribution in [0.3, 0.4) is 0 Å². The minimum absolute atomic E-state index is 0.0699. The summed E-state index contributed by atoms with van der Waals surface area (Å²) < 4.78 is 2.89. The van der Waals surface area contributed by atoms with E-state index in [2.05, 4.69) is 15.4 Å². The number of rotatable bonds is 5. The van der Waals surface area contributed by atoms with Crippen LogP contribution in [0.1, 0.15) is 28.8 Å².